The van der Waals surface area contributed by atoms with Crippen molar-refractivity contribution >= 4 is 12.0 Å². The number of nitrogens with zero attached hydrogens (tertiary/aromatic N) is 5. The summed E-state index contributed by atoms with van der Waals surface area (Å²) >= 11 is 0. The third-order valence-corrected chi connectivity index (χ3v) is 4.97. The summed E-state index contributed by atoms with van der Waals surface area (Å²) in [5.41, 5.74) is 3.50. The molecule has 1 aromatic heterocycles. The Balaban J connectivity index is 1.43. The van der Waals surface area contributed by atoms with E-state index < -0.39 is 0 Å². The predicted octanol–water partition coefficient (Wildman–Crippen LogP) is 4.99. The SMILES string of the molecule is Cc1cc(Oc2ccn(-c3ccc(C#N)cc3)n2)ccc1N=CN1CCCCC1. The zero-order valence-corrected chi connectivity index (χ0v) is 16.5. The number of hydrogen-bond donors (Lipinski definition) is 0. The summed E-state index contributed by atoms with van der Waals surface area (Å²) < 4.78 is 7.63. The molecule has 6 nitrogen and oxygen atoms in total. The number of likely N-dealkylation sites (tertiary alicyclic amines) is 1. The highest BCUT2D eigenvalue weighted by atomic mass is 16.5. The molecule has 2 heterocycles. The molecule has 0 radical (unpaired) electrons. The predicted molar refractivity (Wildman–Crippen MR) is 113 cm³/mol. The molecule has 1 aliphatic heterocycles. The van der Waals surface area contributed by atoms with Crippen molar-refractivity contribution in [3.05, 3.63) is 65.9 Å². The molecule has 29 heavy (non-hydrogen) atoms. The van der Waals surface area contributed by atoms with Crippen molar-refractivity contribution in [3.8, 4) is 23.4 Å². The van der Waals surface area contributed by atoms with Crippen LogP contribution in [0.4, 0.5) is 5.69 Å². The number of rotatable bonds is 5. The van der Waals surface area contributed by atoms with E-state index in [1.165, 1.54) is 19.3 Å². The van der Waals surface area contributed by atoms with Gasteiger partial charge in [-0.15, -0.1) is 5.10 Å². The van der Waals surface area contributed by atoms with Crippen molar-refractivity contribution in [1.82, 2.24) is 14.7 Å². The van der Waals surface area contributed by atoms with Crippen molar-refractivity contribution in [2.24, 2.45) is 4.99 Å². The lowest BCUT2D eigenvalue weighted by Crippen LogP contribution is -2.28. The summed E-state index contributed by atoms with van der Waals surface area (Å²) in [6.07, 6.45) is 7.60. The molecule has 1 fully saturated rings. The number of hydrogen-bond acceptors (Lipinski definition) is 4. The van der Waals surface area contributed by atoms with Gasteiger partial charge in [0.1, 0.15) is 5.75 Å². The van der Waals surface area contributed by atoms with E-state index in [2.05, 4.69) is 21.1 Å². The summed E-state index contributed by atoms with van der Waals surface area (Å²) in [5.74, 6) is 1.24. The largest absolute Gasteiger partial charge is 0.438 e. The standard InChI is InChI=1S/C23H23N5O/c1-18-15-21(9-10-22(18)25-17-27-12-3-2-4-13-27)29-23-11-14-28(26-23)20-7-5-19(16-24)6-8-20/h5-11,14-15,17H,2-4,12-13H2,1H3. The summed E-state index contributed by atoms with van der Waals surface area (Å²) in [4.78, 5) is 6.92. The number of aliphatic imine (C=N–C) groups is 1. The van der Waals surface area contributed by atoms with Crippen LogP contribution >= 0.6 is 0 Å². The van der Waals surface area contributed by atoms with Crippen LogP contribution in [0.1, 0.15) is 30.4 Å². The molecular formula is C23H23N5O. The third kappa shape index (κ3) is 4.64. The zero-order valence-electron chi connectivity index (χ0n) is 16.5. The lowest BCUT2D eigenvalue weighted by Gasteiger charge is -2.23. The number of benzene rings is 2. The Labute approximate surface area is 170 Å². The molecule has 6 heteroatoms. The van der Waals surface area contributed by atoms with Gasteiger partial charge in [0.2, 0.25) is 5.88 Å². The van der Waals surface area contributed by atoms with Crippen LogP contribution in [0.3, 0.4) is 0 Å². The van der Waals surface area contributed by atoms with Gasteiger partial charge in [0.15, 0.2) is 0 Å². The Kier molecular flexibility index (Phi) is 5.57. The molecule has 1 aliphatic rings. The number of nitriles is 1. The van der Waals surface area contributed by atoms with Gasteiger partial charge < -0.3 is 9.64 Å². The quantitative estimate of drug-likeness (QED) is 0.458. The van der Waals surface area contributed by atoms with E-state index in [-0.39, 0.29) is 0 Å². The van der Waals surface area contributed by atoms with Crippen LogP contribution in [0.25, 0.3) is 5.69 Å². The monoisotopic (exact) mass is 385 g/mol. The Morgan fingerprint density at radius 1 is 1.07 bits per heavy atom. The van der Waals surface area contributed by atoms with Crippen molar-refractivity contribution in [1.29, 1.82) is 5.26 Å². The first-order valence-electron chi connectivity index (χ1n) is 9.84. The topological polar surface area (TPSA) is 66.4 Å². The molecule has 3 aromatic rings. The van der Waals surface area contributed by atoms with Crippen LogP contribution in [0.2, 0.25) is 0 Å². The van der Waals surface area contributed by atoms with Gasteiger partial charge in [0.25, 0.3) is 0 Å². The van der Waals surface area contributed by atoms with Crippen LogP contribution in [-0.2, 0) is 0 Å². The average molecular weight is 385 g/mol. The fraction of sp³-hybridized carbons (Fsp3) is 0.261. The summed E-state index contributed by atoms with van der Waals surface area (Å²) in [5, 5.41) is 13.4. The van der Waals surface area contributed by atoms with E-state index in [9.17, 15) is 0 Å². The number of aryl methyl sites for hydroxylation is 1. The van der Waals surface area contributed by atoms with E-state index in [0.717, 1.165) is 35.8 Å². The molecule has 2 aromatic carbocycles. The second kappa shape index (κ2) is 8.61. The number of aromatic nitrogens is 2. The van der Waals surface area contributed by atoms with Gasteiger partial charge in [0, 0.05) is 25.4 Å². The van der Waals surface area contributed by atoms with Gasteiger partial charge in [-0.3, -0.25) is 0 Å². The van der Waals surface area contributed by atoms with Crippen LogP contribution in [0, 0.1) is 18.3 Å². The second-order valence-electron chi connectivity index (χ2n) is 7.15. The second-order valence-corrected chi connectivity index (χ2v) is 7.15. The van der Waals surface area contributed by atoms with Gasteiger partial charge >= 0.3 is 0 Å². The lowest BCUT2D eigenvalue weighted by atomic mass is 10.1. The van der Waals surface area contributed by atoms with Gasteiger partial charge in [-0.2, -0.15) is 5.26 Å². The Morgan fingerprint density at radius 3 is 2.59 bits per heavy atom. The molecule has 0 unspecified atom stereocenters. The molecular weight excluding hydrogens is 362 g/mol. The van der Waals surface area contributed by atoms with Crippen LogP contribution in [0.15, 0.2) is 59.7 Å². The maximum absolute atomic E-state index is 8.91. The molecule has 1 saturated heterocycles. The Morgan fingerprint density at radius 2 is 1.86 bits per heavy atom. The highest BCUT2D eigenvalue weighted by molar-refractivity contribution is 5.64. The van der Waals surface area contributed by atoms with E-state index in [0.29, 0.717) is 11.4 Å². The first kappa shape index (κ1) is 18.8. The van der Waals surface area contributed by atoms with Crippen LogP contribution in [-0.4, -0.2) is 34.1 Å². The maximum Gasteiger partial charge on any atom is 0.238 e. The van der Waals surface area contributed by atoms with Crippen molar-refractivity contribution < 1.29 is 4.74 Å². The maximum atomic E-state index is 8.91. The molecule has 0 N–H and O–H groups in total. The van der Waals surface area contributed by atoms with Crippen molar-refractivity contribution in [2.45, 2.75) is 26.2 Å². The fourth-order valence-corrected chi connectivity index (χ4v) is 3.33. The minimum atomic E-state index is 0.512. The van der Waals surface area contributed by atoms with Gasteiger partial charge in [-0.05, 0) is 74.2 Å². The Bertz CT molecular complexity index is 1040. The highest BCUT2D eigenvalue weighted by Crippen LogP contribution is 2.27. The zero-order chi connectivity index (χ0) is 20.1. The molecule has 146 valence electrons. The normalized spacial score (nSPS) is 14.1. The number of ether oxygens (including phenoxy) is 1. The minimum Gasteiger partial charge on any atom is -0.438 e. The summed E-state index contributed by atoms with van der Waals surface area (Å²) in [6.45, 7) is 4.21. The van der Waals surface area contributed by atoms with E-state index in [1.807, 2.05) is 55.9 Å². The molecule has 0 atom stereocenters. The molecule has 4 rings (SSSR count). The van der Waals surface area contributed by atoms with Crippen molar-refractivity contribution in [2.75, 3.05) is 13.1 Å². The van der Waals surface area contributed by atoms with E-state index in [1.54, 1.807) is 16.8 Å². The highest BCUT2D eigenvalue weighted by Gasteiger charge is 2.08. The van der Waals surface area contributed by atoms with Gasteiger partial charge in [-0.1, -0.05) is 0 Å². The van der Waals surface area contributed by atoms with E-state index >= 15 is 0 Å². The first-order chi connectivity index (χ1) is 14.2. The van der Waals surface area contributed by atoms with Gasteiger partial charge in [-0.25, -0.2) is 9.67 Å². The molecule has 0 aliphatic carbocycles. The lowest BCUT2D eigenvalue weighted by molar-refractivity contribution is 0.351. The molecule has 0 spiro atoms. The van der Waals surface area contributed by atoms with Crippen LogP contribution < -0.4 is 4.74 Å². The number of piperidine rings is 1. The summed E-state index contributed by atoms with van der Waals surface area (Å²) in [6, 6.07) is 17.0. The Hall–Kier alpha value is -3.59. The fourth-order valence-electron chi connectivity index (χ4n) is 3.33. The minimum absolute atomic E-state index is 0.512. The molecule has 0 saturated carbocycles. The van der Waals surface area contributed by atoms with E-state index in [4.69, 9.17) is 10.00 Å². The first-order valence-corrected chi connectivity index (χ1v) is 9.84. The molecule has 0 bridgehead atoms. The third-order valence-electron chi connectivity index (χ3n) is 4.97. The smallest absolute Gasteiger partial charge is 0.238 e. The van der Waals surface area contributed by atoms with Crippen LogP contribution in [0.5, 0.6) is 11.6 Å². The molecule has 0 amide bonds. The van der Waals surface area contributed by atoms with Crippen molar-refractivity contribution in [3.63, 3.8) is 0 Å². The van der Waals surface area contributed by atoms with Gasteiger partial charge in [0.05, 0.1) is 29.3 Å². The summed E-state index contributed by atoms with van der Waals surface area (Å²) in [7, 11) is 0. The average Bonchev–Trinajstić information content (AvgIpc) is 3.22.